The fourth-order valence-electron chi connectivity index (χ4n) is 3.48. The van der Waals surface area contributed by atoms with Crippen molar-refractivity contribution in [1.82, 2.24) is 10.2 Å². The standard InChI is InChI=1S/C23H20Cl2N4O3S/c24-15-3-8-19(25)18(14-15)21(30)27-23(33)26-16-4-6-17(7-5-16)28-9-11-29(12-10-28)22(31)20-2-1-13-32-20/h1-8,13-14H,9-12H2,(H2,26,27,30,33). The average molecular weight is 503 g/mol. The summed E-state index contributed by atoms with van der Waals surface area (Å²) in [6.07, 6.45) is 1.50. The van der Waals surface area contributed by atoms with Crippen LogP contribution in [-0.2, 0) is 0 Å². The summed E-state index contributed by atoms with van der Waals surface area (Å²) < 4.78 is 5.20. The van der Waals surface area contributed by atoms with Gasteiger partial charge in [0.25, 0.3) is 11.8 Å². The molecule has 10 heteroatoms. The molecule has 0 unspecified atom stereocenters. The Morgan fingerprint density at radius 1 is 0.970 bits per heavy atom. The Morgan fingerprint density at radius 2 is 1.70 bits per heavy atom. The van der Waals surface area contributed by atoms with Crippen molar-refractivity contribution in [2.45, 2.75) is 0 Å². The van der Waals surface area contributed by atoms with Crippen molar-refractivity contribution in [3.63, 3.8) is 0 Å². The molecule has 2 amide bonds. The molecule has 2 aromatic carbocycles. The summed E-state index contributed by atoms with van der Waals surface area (Å²) in [7, 11) is 0. The zero-order chi connectivity index (χ0) is 23.4. The van der Waals surface area contributed by atoms with Gasteiger partial charge in [0, 0.05) is 42.6 Å². The van der Waals surface area contributed by atoms with Crippen molar-refractivity contribution < 1.29 is 14.0 Å². The largest absolute Gasteiger partial charge is 0.459 e. The average Bonchev–Trinajstić information content (AvgIpc) is 3.36. The van der Waals surface area contributed by atoms with Crippen LogP contribution in [0.5, 0.6) is 0 Å². The number of carbonyl (C=O) groups excluding carboxylic acids is 2. The van der Waals surface area contributed by atoms with Crippen LogP contribution in [0.3, 0.4) is 0 Å². The summed E-state index contributed by atoms with van der Waals surface area (Å²) in [5.74, 6) is -0.174. The van der Waals surface area contributed by atoms with Gasteiger partial charge in [0.15, 0.2) is 10.9 Å². The number of hydrogen-bond acceptors (Lipinski definition) is 5. The van der Waals surface area contributed by atoms with Gasteiger partial charge < -0.3 is 19.5 Å². The minimum atomic E-state index is -0.446. The molecule has 2 heterocycles. The minimum Gasteiger partial charge on any atom is -0.459 e. The number of rotatable bonds is 4. The second-order valence-corrected chi connectivity index (χ2v) is 8.59. The third-order valence-electron chi connectivity index (χ3n) is 5.19. The zero-order valence-electron chi connectivity index (χ0n) is 17.4. The number of nitrogens with zero attached hydrogens (tertiary/aromatic N) is 2. The molecule has 7 nitrogen and oxygen atoms in total. The maximum Gasteiger partial charge on any atom is 0.289 e. The molecule has 1 aromatic heterocycles. The number of piperazine rings is 1. The van der Waals surface area contributed by atoms with E-state index in [2.05, 4.69) is 15.5 Å². The van der Waals surface area contributed by atoms with E-state index in [0.717, 1.165) is 11.4 Å². The van der Waals surface area contributed by atoms with Crippen LogP contribution in [0.2, 0.25) is 10.0 Å². The molecule has 1 aliphatic heterocycles. The van der Waals surface area contributed by atoms with Crippen LogP contribution in [-0.4, -0.2) is 48.0 Å². The van der Waals surface area contributed by atoms with Crippen LogP contribution >= 0.6 is 35.4 Å². The lowest BCUT2D eigenvalue weighted by atomic mass is 10.2. The molecule has 2 N–H and O–H groups in total. The number of thiocarbonyl (C=S) groups is 1. The summed E-state index contributed by atoms with van der Waals surface area (Å²) >= 11 is 17.2. The Labute approximate surface area is 206 Å². The first-order valence-electron chi connectivity index (χ1n) is 10.2. The van der Waals surface area contributed by atoms with Gasteiger partial charge in [-0.25, -0.2) is 0 Å². The maximum atomic E-state index is 12.4. The van der Waals surface area contributed by atoms with Gasteiger partial charge >= 0.3 is 0 Å². The van der Waals surface area contributed by atoms with Crippen molar-refractivity contribution in [1.29, 1.82) is 0 Å². The van der Waals surface area contributed by atoms with Gasteiger partial charge in [0.05, 0.1) is 16.8 Å². The molecule has 4 rings (SSSR count). The first-order chi connectivity index (χ1) is 15.9. The number of hydrogen-bond donors (Lipinski definition) is 2. The second-order valence-electron chi connectivity index (χ2n) is 7.34. The predicted octanol–water partition coefficient (Wildman–Crippen LogP) is 4.68. The molecule has 0 bridgehead atoms. The third kappa shape index (κ3) is 5.65. The number of furan rings is 1. The van der Waals surface area contributed by atoms with Gasteiger partial charge in [-0.05, 0) is 66.8 Å². The Hall–Kier alpha value is -3.07. The molecular weight excluding hydrogens is 483 g/mol. The molecule has 0 spiro atoms. The van der Waals surface area contributed by atoms with E-state index in [1.165, 1.54) is 12.3 Å². The zero-order valence-corrected chi connectivity index (χ0v) is 19.7. The lowest BCUT2D eigenvalue weighted by molar-refractivity contribution is 0.0714. The lowest BCUT2D eigenvalue weighted by Crippen LogP contribution is -2.48. The molecule has 1 aliphatic rings. The van der Waals surface area contributed by atoms with Crippen LogP contribution in [0, 0.1) is 0 Å². The summed E-state index contributed by atoms with van der Waals surface area (Å²) in [6.45, 7) is 2.66. The van der Waals surface area contributed by atoms with Crippen molar-refractivity contribution in [2.24, 2.45) is 0 Å². The Balaban J connectivity index is 1.29. The predicted molar refractivity (Wildman–Crippen MR) is 133 cm³/mol. The Kier molecular flexibility index (Phi) is 7.17. The first-order valence-corrected chi connectivity index (χ1v) is 11.3. The van der Waals surface area contributed by atoms with E-state index in [9.17, 15) is 9.59 Å². The van der Waals surface area contributed by atoms with E-state index in [-0.39, 0.29) is 21.6 Å². The first kappa shape index (κ1) is 23.1. The molecule has 1 fully saturated rings. The second kappa shape index (κ2) is 10.2. The van der Waals surface area contributed by atoms with E-state index in [0.29, 0.717) is 37.0 Å². The van der Waals surface area contributed by atoms with E-state index < -0.39 is 5.91 Å². The molecule has 3 aromatic rings. The fourth-order valence-corrected chi connectivity index (χ4v) is 4.07. The lowest BCUT2D eigenvalue weighted by Gasteiger charge is -2.35. The molecule has 170 valence electrons. The Bertz CT molecular complexity index is 1160. The van der Waals surface area contributed by atoms with Gasteiger partial charge in [0.1, 0.15) is 0 Å². The van der Waals surface area contributed by atoms with Crippen LogP contribution in [0.1, 0.15) is 20.9 Å². The SMILES string of the molecule is O=C(NC(=S)Nc1ccc(N2CCN(C(=O)c3ccco3)CC2)cc1)c1cc(Cl)ccc1Cl. The normalized spacial score (nSPS) is 13.5. The molecule has 33 heavy (non-hydrogen) atoms. The molecule has 1 saturated heterocycles. The highest BCUT2D eigenvalue weighted by Gasteiger charge is 2.23. The van der Waals surface area contributed by atoms with Crippen LogP contribution in [0.25, 0.3) is 0 Å². The maximum absolute atomic E-state index is 12.4. The van der Waals surface area contributed by atoms with Gasteiger partial charge in [-0.2, -0.15) is 0 Å². The number of halogens is 2. The number of anilines is 2. The van der Waals surface area contributed by atoms with Gasteiger partial charge in [-0.1, -0.05) is 23.2 Å². The third-order valence-corrected chi connectivity index (χ3v) is 5.96. The smallest absolute Gasteiger partial charge is 0.289 e. The monoisotopic (exact) mass is 502 g/mol. The summed E-state index contributed by atoms with van der Waals surface area (Å²) in [6, 6.07) is 15.7. The van der Waals surface area contributed by atoms with Crippen LogP contribution in [0.15, 0.2) is 65.3 Å². The van der Waals surface area contributed by atoms with Gasteiger partial charge in [-0.3, -0.25) is 14.9 Å². The fraction of sp³-hybridized carbons (Fsp3) is 0.174. The summed E-state index contributed by atoms with van der Waals surface area (Å²) in [4.78, 5) is 28.8. The summed E-state index contributed by atoms with van der Waals surface area (Å²) in [5.41, 5.74) is 2.01. The van der Waals surface area contributed by atoms with E-state index in [4.69, 9.17) is 39.8 Å². The number of carbonyl (C=O) groups is 2. The van der Waals surface area contributed by atoms with Crippen molar-refractivity contribution >= 4 is 63.7 Å². The van der Waals surface area contributed by atoms with Crippen LogP contribution < -0.4 is 15.5 Å². The van der Waals surface area contributed by atoms with E-state index in [1.54, 1.807) is 29.2 Å². The minimum absolute atomic E-state index is 0.0891. The van der Waals surface area contributed by atoms with Gasteiger partial charge in [0.2, 0.25) is 0 Å². The molecule has 0 saturated carbocycles. The number of nitrogens with one attached hydrogen (secondary N) is 2. The topological polar surface area (TPSA) is 77.8 Å². The molecule has 0 aliphatic carbocycles. The van der Waals surface area contributed by atoms with Crippen molar-refractivity contribution in [3.8, 4) is 0 Å². The summed E-state index contributed by atoms with van der Waals surface area (Å²) in [5, 5.41) is 6.43. The molecule has 0 atom stereocenters. The number of benzene rings is 2. The van der Waals surface area contributed by atoms with Crippen molar-refractivity contribution in [2.75, 3.05) is 36.4 Å². The van der Waals surface area contributed by atoms with Crippen LogP contribution in [0.4, 0.5) is 11.4 Å². The molecule has 0 radical (unpaired) electrons. The highest BCUT2D eigenvalue weighted by atomic mass is 35.5. The highest BCUT2D eigenvalue weighted by Crippen LogP contribution is 2.22. The Morgan fingerprint density at radius 3 is 2.36 bits per heavy atom. The van der Waals surface area contributed by atoms with E-state index >= 15 is 0 Å². The van der Waals surface area contributed by atoms with Gasteiger partial charge in [-0.15, -0.1) is 0 Å². The highest BCUT2D eigenvalue weighted by molar-refractivity contribution is 7.80. The quantitative estimate of drug-likeness (QED) is 0.504. The molecular formula is C23H20Cl2N4O3S. The van der Waals surface area contributed by atoms with Crippen molar-refractivity contribution in [3.05, 3.63) is 82.2 Å². The van der Waals surface area contributed by atoms with E-state index in [1.807, 2.05) is 24.3 Å². The number of amides is 2.